The Morgan fingerprint density at radius 1 is 0.844 bits per heavy atom. The van der Waals surface area contributed by atoms with Gasteiger partial charge in [0.15, 0.2) is 11.2 Å². The van der Waals surface area contributed by atoms with E-state index in [2.05, 4.69) is 16.0 Å². The van der Waals surface area contributed by atoms with E-state index in [1.165, 1.54) is 0 Å². The molecule has 1 atom stereocenters. The second-order valence-corrected chi connectivity index (χ2v) is 7.87. The van der Waals surface area contributed by atoms with E-state index in [0.717, 1.165) is 0 Å². The molecule has 32 heavy (non-hydrogen) atoms. The van der Waals surface area contributed by atoms with Crippen molar-refractivity contribution >= 4 is 63.7 Å². The van der Waals surface area contributed by atoms with Crippen LogP contribution in [0.15, 0.2) is 72.8 Å². The molecule has 0 aliphatic heterocycles. The topological polar surface area (TPSA) is 79.5 Å². The molecule has 0 fully saturated rings. The van der Waals surface area contributed by atoms with Crippen LogP contribution in [0.5, 0.6) is 5.75 Å². The number of rotatable bonds is 6. The quantitative estimate of drug-likeness (QED) is 0.398. The molecule has 0 heterocycles. The number of hydrogen-bond donors (Lipinski definition) is 3. The smallest absolute Gasteiger partial charge is 0.265 e. The summed E-state index contributed by atoms with van der Waals surface area (Å²) in [6, 6.07) is 20.4. The van der Waals surface area contributed by atoms with E-state index in [0.29, 0.717) is 32.7 Å². The van der Waals surface area contributed by atoms with Crippen molar-refractivity contribution in [2.45, 2.75) is 13.0 Å². The van der Waals surface area contributed by atoms with Crippen molar-refractivity contribution in [1.29, 1.82) is 0 Å². The van der Waals surface area contributed by atoms with Crippen LogP contribution in [-0.4, -0.2) is 23.0 Å². The van der Waals surface area contributed by atoms with E-state index in [1.54, 1.807) is 79.7 Å². The van der Waals surface area contributed by atoms with E-state index in [4.69, 9.17) is 40.2 Å². The number of halogens is 2. The highest BCUT2D eigenvalue weighted by Gasteiger charge is 2.16. The molecular formula is C23H19Cl2N3O3S. The van der Waals surface area contributed by atoms with E-state index >= 15 is 0 Å². The molecule has 3 aromatic rings. The van der Waals surface area contributed by atoms with Crippen molar-refractivity contribution in [2.24, 2.45) is 0 Å². The average Bonchev–Trinajstić information content (AvgIpc) is 2.76. The van der Waals surface area contributed by atoms with Crippen molar-refractivity contribution in [3.8, 4) is 5.75 Å². The molecule has 0 saturated heterocycles. The number of para-hydroxylation sites is 1. The minimum Gasteiger partial charge on any atom is -0.479 e. The molecule has 0 radical (unpaired) electrons. The minimum atomic E-state index is -0.750. The average molecular weight is 488 g/mol. The van der Waals surface area contributed by atoms with Gasteiger partial charge in [0.25, 0.3) is 11.8 Å². The van der Waals surface area contributed by atoms with E-state index in [-0.39, 0.29) is 11.0 Å². The highest BCUT2D eigenvalue weighted by Crippen LogP contribution is 2.24. The fourth-order valence-electron chi connectivity index (χ4n) is 2.64. The Kier molecular flexibility index (Phi) is 8.05. The van der Waals surface area contributed by atoms with Crippen LogP contribution in [0.1, 0.15) is 17.3 Å². The Balaban J connectivity index is 1.52. The number of carbonyl (C=O) groups excluding carboxylic acids is 2. The van der Waals surface area contributed by atoms with Gasteiger partial charge in [-0.05, 0) is 67.7 Å². The number of carbonyl (C=O) groups is 2. The van der Waals surface area contributed by atoms with Crippen molar-refractivity contribution < 1.29 is 14.3 Å². The summed E-state index contributed by atoms with van der Waals surface area (Å²) in [6.45, 7) is 1.63. The zero-order valence-corrected chi connectivity index (χ0v) is 19.2. The highest BCUT2D eigenvalue weighted by atomic mass is 35.5. The number of thiocarbonyl (C=S) groups is 1. The Bertz CT molecular complexity index is 1140. The van der Waals surface area contributed by atoms with Crippen LogP contribution in [0.25, 0.3) is 0 Å². The fraction of sp³-hybridized carbons (Fsp3) is 0.0870. The number of nitrogens with one attached hydrogen (secondary N) is 3. The molecule has 3 N–H and O–H groups in total. The van der Waals surface area contributed by atoms with Crippen LogP contribution in [0.4, 0.5) is 11.4 Å². The predicted octanol–water partition coefficient (Wildman–Crippen LogP) is 5.53. The molecule has 164 valence electrons. The molecule has 9 heteroatoms. The van der Waals surface area contributed by atoms with Gasteiger partial charge in [-0.2, -0.15) is 0 Å². The summed E-state index contributed by atoms with van der Waals surface area (Å²) in [5, 5.41) is 9.14. The van der Waals surface area contributed by atoms with Gasteiger partial charge >= 0.3 is 0 Å². The zero-order chi connectivity index (χ0) is 23.1. The van der Waals surface area contributed by atoms with E-state index in [1.807, 2.05) is 0 Å². The van der Waals surface area contributed by atoms with Crippen LogP contribution in [-0.2, 0) is 4.79 Å². The first-order chi connectivity index (χ1) is 15.3. The number of anilines is 2. The van der Waals surface area contributed by atoms with Gasteiger partial charge in [-0.25, -0.2) is 0 Å². The number of amides is 2. The summed E-state index contributed by atoms with van der Waals surface area (Å²) < 4.78 is 5.61. The lowest BCUT2D eigenvalue weighted by atomic mass is 10.2. The summed E-state index contributed by atoms with van der Waals surface area (Å²) in [5.41, 5.74) is 1.53. The molecule has 0 bridgehead atoms. The normalized spacial score (nSPS) is 11.2. The molecule has 6 nitrogen and oxygen atoms in total. The lowest BCUT2D eigenvalue weighted by Crippen LogP contribution is -2.34. The highest BCUT2D eigenvalue weighted by molar-refractivity contribution is 7.80. The SMILES string of the molecule is CC(Oc1ccccc1Cl)C(=O)Nc1ccc(NC(=S)NC(=O)c2ccccc2Cl)cc1. The second kappa shape index (κ2) is 10.9. The summed E-state index contributed by atoms with van der Waals surface area (Å²) in [6.07, 6.45) is -0.750. The summed E-state index contributed by atoms with van der Waals surface area (Å²) >= 11 is 17.3. The fourth-order valence-corrected chi connectivity index (χ4v) is 3.26. The van der Waals surface area contributed by atoms with Gasteiger partial charge < -0.3 is 15.4 Å². The van der Waals surface area contributed by atoms with Crippen LogP contribution in [0.3, 0.4) is 0 Å². The van der Waals surface area contributed by atoms with Crippen molar-refractivity contribution in [3.05, 3.63) is 88.4 Å². The Labute approximate surface area is 200 Å². The predicted molar refractivity (Wildman–Crippen MR) is 132 cm³/mol. The maximum absolute atomic E-state index is 12.4. The van der Waals surface area contributed by atoms with Gasteiger partial charge in [0.05, 0.1) is 15.6 Å². The molecular weight excluding hydrogens is 469 g/mol. The standard InChI is InChI=1S/C23H19Cl2N3O3S/c1-14(31-20-9-5-4-8-19(20)25)21(29)26-15-10-12-16(13-11-15)27-23(32)28-22(30)17-6-2-3-7-18(17)24/h2-14H,1H3,(H,26,29)(H2,27,28,30,32). The van der Waals surface area contributed by atoms with Crippen molar-refractivity contribution in [3.63, 3.8) is 0 Å². The van der Waals surface area contributed by atoms with E-state index in [9.17, 15) is 9.59 Å². The molecule has 0 saturated carbocycles. The van der Waals surface area contributed by atoms with Gasteiger partial charge in [-0.1, -0.05) is 47.5 Å². The van der Waals surface area contributed by atoms with Gasteiger partial charge in [-0.3, -0.25) is 14.9 Å². The molecule has 2 amide bonds. The maximum atomic E-state index is 12.4. The van der Waals surface area contributed by atoms with Gasteiger partial charge in [0.2, 0.25) is 0 Å². The zero-order valence-electron chi connectivity index (χ0n) is 16.9. The third-order valence-electron chi connectivity index (χ3n) is 4.27. The summed E-state index contributed by atoms with van der Waals surface area (Å²) in [4.78, 5) is 24.7. The van der Waals surface area contributed by atoms with Crippen molar-refractivity contribution in [2.75, 3.05) is 10.6 Å². The molecule has 3 aromatic carbocycles. The van der Waals surface area contributed by atoms with Gasteiger partial charge in [0, 0.05) is 11.4 Å². The molecule has 0 spiro atoms. The third-order valence-corrected chi connectivity index (χ3v) is 5.11. The Morgan fingerprint density at radius 3 is 2.03 bits per heavy atom. The summed E-state index contributed by atoms with van der Waals surface area (Å²) in [5.74, 6) is -0.304. The number of hydrogen-bond acceptors (Lipinski definition) is 4. The minimum absolute atomic E-state index is 0.119. The number of ether oxygens (including phenoxy) is 1. The van der Waals surface area contributed by atoms with Crippen LogP contribution in [0, 0.1) is 0 Å². The summed E-state index contributed by atoms with van der Waals surface area (Å²) in [7, 11) is 0. The monoisotopic (exact) mass is 487 g/mol. The Morgan fingerprint density at radius 2 is 1.41 bits per heavy atom. The van der Waals surface area contributed by atoms with Crippen LogP contribution < -0.4 is 20.7 Å². The first kappa shape index (κ1) is 23.5. The molecule has 3 rings (SSSR count). The molecule has 0 aromatic heterocycles. The lowest BCUT2D eigenvalue weighted by Gasteiger charge is -2.16. The second-order valence-electron chi connectivity index (χ2n) is 6.65. The van der Waals surface area contributed by atoms with Crippen LogP contribution in [0.2, 0.25) is 10.0 Å². The molecule has 0 aliphatic rings. The van der Waals surface area contributed by atoms with Crippen LogP contribution >= 0.6 is 35.4 Å². The van der Waals surface area contributed by atoms with Crippen molar-refractivity contribution in [1.82, 2.24) is 5.32 Å². The molecule has 1 unspecified atom stereocenters. The first-order valence-corrected chi connectivity index (χ1v) is 10.7. The van der Waals surface area contributed by atoms with E-state index < -0.39 is 12.0 Å². The largest absolute Gasteiger partial charge is 0.479 e. The number of benzene rings is 3. The van der Waals surface area contributed by atoms with Gasteiger partial charge in [0.1, 0.15) is 5.75 Å². The Hall–Kier alpha value is -3.13. The third kappa shape index (κ3) is 6.43. The lowest BCUT2D eigenvalue weighted by molar-refractivity contribution is -0.122. The molecule has 0 aliphatic carbocycles. The van der Waals surface area contributed by atoms with Gasteiger partial charge in [-0.15, -0.1) is 0 Å². The first-order valence-electron chi connectivity index (χ1n) is 9.52. The maximum Gasteiger partial charge on any atom is 0.265 e.